The number of hydrogen-bond donors (Lipinski definition) is 0. The highest BCUT2D eigenvalue weighted by Crippen LogP contribution is 2.36. The van der Waals surface area contributed by atoms with Crippen molar-refractivity contribution in [3.05, 3.63) is 41.9 Å². The number of carbonyl (C=O) groups excluding carboxylic acids is 1. The molecule has 0 spiro atoms. The summed E-state index contributed by atoms with van der Waals surface area (Å²) < 4.78 is 14.3. The van der Waals surface area contributed by atoms with Crippen LogP contribution in [0.2, 0.25) is 0 Å². The number of benzene rings is 1. The minimum Gasteiger partial charge on any atom is -0.336 e. The van der Waals surface area contributed by atoms with Gasteiger partial charge in [0.15, 0.2) is 5.78 Å². The summed E-state index contributed by atoms with van der Waals surface area (Å²) in [6.45, 7) is 6.19. The van der Waals surface area contributed by atoms with Gasteiger partial charge in [-0.2, -0.15) is 0 Å². The van der Waals surface area contributed by atoms with Crippen LogP contribution < -0.4 is 4.90 Å². The van der Waals surface area contributed by atoms with Crippen molar-refractivity contribution in [1.29, 1.82) is 0 Å². The van der Waals surface area contributed by atoms with E-state index in [1.807, 2.05) is 11.0 Å². The van der Waals surface area contributed by atoms with Gasteiger partial charge in [-0.1, -0.05) is 44.7 Å². The number of halogens is 1. The Labute approximate surface area is 162 Å². The van der Waals surface area contributed by atoms with Crippen molar-refractivity contribution in [1.82, 2.24) is 4.90 Å². The summed E-state index contributed by atoms with van der Waals surface area (Å²) >= 11 is 0. The van der Waals surface area contributed by atoms with E-state index < -0.39 is 0 Å². The van der Waals surface area contributed by atoms with Crippen LogP contribution in [0.25, 0.3) is 0 Å². The summed E-state index contributed by atoms with van der Waals surface area (Å²) in [5.74, 6) is -0.319. The topological polar surface area (TPSA) is 23.6 Å². The van der Waals surface area contributed by atoms with Crippen LogP contribution in [0.1, 0.15) is 63.4 Å². The van der Waals surface area contributed by atoms with Crippen LogP contribution >= 0.6 is 0 Å². The van der Waals surface area contributed by atoms with Gasteiger partial charge in [-0.15, -0.1) is 0 Å². The molecule has 3 aliphatic rings. The monoisotopic (exact) mass is 370 g/mol. The Morgan fingerprint density at radius 3 is 2.30 bits per heavy atom. The first-order chi connectivity index (χ1) is 13.1. The lowest BCUT2D eigenvalue weighted by Gasteiger charge is -2.44. The molecule has 146 valence electrons. The number of fused-ring (bicyclic) bond motifs is 1. The van der Waals surface area contributed by atoms with Crippen molar-refractivity contribution in [2.45, 2.75) is 76.3 Å². The first kappa shape index (κ1) is 18.7. The zero-order valence-electron chi connectivity index (χ0n) is 16.3. The Balaban J connectivity index is 1.47. The van der Waals surface area contributed by atoms with Crippen molar-refractivity contribution < 1.29 is 9.18 Å². The van der Waals surface area contributed by atoms with Crippen LogP contribution in [-0.2, 0) is 11.2 Å². The van der Waals surface area contributed by atoms with Gasteiger partial charge in [0.1, 0.15) is 5.82 Å². The highest BCUT2D eigenvalue weighted by atomic mass is 19.1. The minimum atomic E-state index is -0.273. The molecule has 4 heteroatoms. The molecule has 1 aliphatic carbocycles. The van der Waals surface area contributed by atoms with Crippen LogP contribution in [-0.4, -0.2) is 35.9 Å². The van der Waals surface area contributed by atoms with E-state index in [0.717, 1.165) is 37.7 Å². The average Bonchev–Trinajstić information content (AvgIpc) is 2.64. The molecule has 0 N–H and O–H groups in total. The first-order valence-corrected chi connectivity index (χ1v) is 10.7. The molecule has 3 nitrogen and oxygen atoms in total. The van der Waals surface area contributed by atoms with Crippen LogP contribution in [0.15, 0.2) is 30.5 Å². The second-order valence-electron chi connectivity index (χ2n) is 8.42. The Kier molecular flexibility index (Phi) is 5.63. The van der Waals surface area contributed by atoms with E-state index in [0.29, 0.717) is 11.3 Å². The van der Waals surface area contributed by atoms with E-state index in [9.17, 15) is 9.18 Å². The summed E-state index contributed by atoms with van der Waals surface area (Å²) in [6.07, 6.45) is 11.7. The molecule has 27 heavy (non-hydrogen) atoms. The highest BCUT2D eigenvalue weighted by Gasteiger charge is 2.35. The lowest BCUT2D eigenvalue weighted by molar-refractivity contribution is -0.115. The smallest absolute Gasteiger partial charge is 0.183 e. The number of Topliss-reactive ketones (excluding diaryl/α,β-unsaturated/α-hetero) is 1. The van der Waals surface area contributed by atoms with E-state index in [4.69, 9.17) is 0 Å². The third-order valence-corrected chi connectivity index (χ3v) is 6.76. The molecule has 4 rings (SSSR count). The zero-order valence-corrected chi connectivity index (χ0v) is 16.3. The number of hydrogen-bond acceptors (Lipinski definition) is 3. The van der Waals surface area contributed by atoms with Gasteiger partial charge in [-0.3, -0.25) is 4.79 Å². The Morgan fingerprint density at radius 1 is 0.926 bits per heavy atom. The fourth-order valence-electron chi connectivity index (χ4n) is 5.22. The lowest BCUT2D eigenvalue weighted by atomic mass is 9.91. The number of allylic oxidation sites excluding steroid dienone is 1. The second-order valence-corrected chi connectivity index (χ2v) is 8.42. The maximum atomic E-state index is 14.3. The average molecular weight is 371 g/mol. The molecule has 0 atom stereocenters. The predicted molar refractivity (Wildman–Crippen MR) is 107 cm³/mol. The van der Waals surface area contributed by atoms with Gasteiger partial charge in [0.25, 0.3) is 0 Å². The number of anilines is 1. The zero-order chi connectivity index (χ0) is 18.8. The third-order valence-electron chi connectivity index (χ3n) is 6.76. The second kappa shape index (κ2) is 8.14. The minimum absolute atomic E-state index is 0.0463. The number of ketones is 1. The molecule has 0 aromatic heterocycles. The highest BCUT2D eigenvalue weighted by molar-refractivity contribution is 6.03. The van der Waals surface area contributed by atoms with Crippen molar-refractivity contribution in [3.8, 4) is 0 Å². The van der Waals surface area contributed by atoms with Crippen LogP contribution in [0, 0.1) is 5.82 Å². The van der Waals surface area contributed by atoms with Crippen LogP contribution in [0.3, 0.4) is 0 Å². The van der Waals surface area contributed by atoms with Gasteiger partial charge in [-0.05, 0) is 37.8 Å². The van der Waals surface area contributed by atoms with Gasteiger partial charge < -0.3 is 9.80 Å². The summed E-state index contributed by atoms with van der Waals surface area (Å²) in [4.78, 5) is 17.1. The molecule has 1 aromatic rings. The fourth-order valence-corrected chi connectivity index (χ4v) is 5.22. The van der Waals surface area contributed by atoms with Crippen molar-refractivity contribution in [2.24, 2.45) is 0 Å². The van der Waals surface area contributed by atoms with Crippen LogP contribution in [0.5, 0.6) is 0 Å². The van der Waals surface area contributed by atoms with E-state index in [1.54, 1.807) is 6.07 Å². The van der Waals surface area contributed by atoms with Crippen LogP contribution in [0.4, 0.5) is 10.1 Å². The standard InChI is InChI=1S/C23H31FN2O/c1-17-23(27)16-20-21(24)10-7-11-22(20)26(17)19-12-14-25(15-13-19)18-8-5-3-2-4-6-9-18/h7,10-11,18-19H,1-6,8-9,12-16H2. The van der Waals surface area contributed by atoms with E-state index >= 15 is 0 Å². The molecule has 2 fully saturated rings. The summed E-state index contributed by atoms with van der Waals surface area (Å²) in [5.41, 5.74) is 1.93. The lowest BCUT2D eigenvalue weighted by Crippen LogP contribution is -2.50. The van der Waals surface area contributed by atoms with E-state index in [-0.39, 0.29) is 24.1 Å². The Bertz CT molecular complexity index is 700. The molecule has 2 aliphatic heterocycles. The number of carbonyl (C=O) groups is 1. The van der Waals surface area contributed by atoms with Crippen molar-refractivity contribution in [3.63, 3.8) is 0 Å². The Morgan fingerprint density at radius 2 is 1.59 bits per heavy atom. The summed E-state index contributed by atoms with van der Waals surface area (Å²) in [7, 11) is 0. The number of likely N-dealkylation sites (tertiary alicyclic amines) is 1. The molecule has 0 unspecified atom stereocenters. The normalized spacial score (nSPS) is 23.8. The van der Waals surface area contributed by atoms with Crippen molar-refractivity contribution in [2.75, 3.05) is 18.0 Å². The van der Waals surface area contributed by atoms with Gasteiger partial charge >= 0.3 is 0 Å². The van der Waals surface area contributed by atoms with Gasteiger partial charge in [0.05, 0.1) is 5.70 Å². The summed E-state index contributed by atoms with van der Waals surface area (Å²) in [5, 5.41) is 0. The molecular formula is C23H31FN2O. The molecule has 0 bridgehead atoms. The number of rotatable bonds is 2. The summed E-state index contributed by atoms with van der Waals surface area (Å²) in [6, 6.07) is 6.11. The molecule has 2 heterocycles. The van der Waals surface area contributed by atoms with Gasteiger partial charge in [0, 0.05) is 42.8 Å². The maximum absolute atomic E-state index is 14.3. The quantitative estimate of drug-likeness (QED) is 0.696. The van der Waals surface area contributed by atoms with E-state index in [1.165, 1.54) is 51.0 Å². The first-order valence-electron chi connectivity index (χ1n) is 10.7. The largest absolute Gasteiger partial charge is 0.336 e. The maximum Gasteiger partial charge on any atom is 0.183 e. The molecule has 0 radical (unpaired) electrons. The molecule has 1 aromatic carbocycles. The third kappa shape index (κ3) is 3.82. The Hall–Kier alpha value is -1.68. The SMILES string of the molecule is C=C1C(=O)Cc2c(F)cccc2N1C1CCN(C2CCCCCCC2)CC1. The van der Waals surface area contributed by atoms with Gasteiger partial charge in [0.2, 0.25) is 0 Å². The molecule has 1 saturated carbocycles. The van der Waals surface area contributed by atoms with Gasteiger partial charge in [-0.25, -0.2) is 4.39 Å². The van der Waals surface area contributed by atoms with E-state index in [2.05, 4.69) is 11.5 Å². The predicted octanol–water partition coefficient (Wildman–Crippen LogP) is 4.85. The molecule has 1 saturated heterocycles. The molecule has 0 amide bonds. The molecular weight excluding hydrogens is 339 g/mol. The van der Waals surface area contributed by atoms with Crippen molar-refractivity contribution >= 4 is 11.5 Å². The number of piperidine rings is 1. The number of nitrogens with zero attached hydrogens (tertiary/aromatic N) is 2. The fraction of sp³-hybridized carbons (Fsp3) is 0.609.